The van der Waals surface area contributed by atoms with E-state index in [-0.39, 0.29) is 5.92 Å². The number of hydrogen-bond acceptors (Lipinski definition) is 3. The molecule has 1 saturated carbocycles. The van der Waals surface area contributed by atoms with Crippen LogP contribution >= 0.6 is 0 Å². The minimum Gasteiger partial charge on any atom is -0.340 e. The second kappa shape index (κ2) is 5.57. The molecule has 0 bridgehead atoms. The van der Waals surface area contributed by atoms with Crippen molar-refractivity contribution in [2.75, 3.05) is 39.3 Å². The van der Waals surface area contributed by atoms with Gasteiger partial charge in [0.2, 0.25) is 5.91 Å². The topological polar surface area (TPSA) is 35.6 Å². The molecule has 1 atom stereocenters. The van der Waals surface area contributed by atoms with Crippen LogP contribution in [0, 0.1) is 5.92 Å². The van der Waals surface area contributed by atoms with Gasteiger partial charge < -0.3 is 10.2 Å². The lowest BCUT2D eigenvalue weighted by atomic mass is 9.91. The molecule has 4 heteroatoms. The summed E-state index contributed by atoms with van der Waals surface area (Å²) in [6.45, 7) is 6.06. The number of nitrogens with zero attached hydrogens (tertiary/aromatic N) is 2. The summed E-state index contributed by atoms with van der Waals surface area (Å²) >= 11 is 0. The van der Waals surface area contributed by atoms with Crippen molar-refractivity contribution < 1.29 is 4.79 Å². The van der Waals surface area contributed by atoms with Gasteiger partial charge >= 0.3 is 0 Å². The van der Waals surface area contributed by atoms with Gasteiger partial charge in [-0.3, -0.25) is 9.69 Å². The third-order valence-electron chi connectivity index (χ3n) is 4.86. The molecule has 0 spiro atoms. The minimum absolute atomic E-state index is 0.244. The standard InChI is InChI=1S/C14H25N3O/c18-14(12-3-2-6-15-11-12)17-9-7-16(8-10-17)13-4-1-5-13/h12-13,15H,1-11H2. The molecule has 4 nitrogen and oxygen atoms in total. The highest BCUT2D eigenvalue weighted by atomic mass is 16.2. The molecular formula is C14H25N3O. The lowest BCUT2D eigenvalue weighted by Crippen LogP contribution is -2.55. The molecular weight excluding hydrogens is 226 g/mol. The molecule has 0 radical (unpaired) electrons. The summed E-state index contributed by atoms with van der Waals surface area (Å²) in [7, 11) is 0. The fourth-order valence-corrected chi connectivity index (χ4v) is 3.38. The Hall–Kier alpha value is -0.610. The second-order valence-corrected chi connectivity index (χ2v) is 5.99. The Labute approximate surface area is 110 Å². The molecule has 18 heavy (non-hydrogen) atoms. The summed E-state index contributed by atoms with van der Waals surface area (Å²) in [6.07, 6.45) is 6.38. The molecule has 0 aromatic heterocycles. The Morgan fingerprint density at radius 3 is 2.33 bits per heavy atom. The predicted octanol–water partition coefficient (Wildman–Crippen LogP) is 0.683. The largest absolute Gasteiger partial charge is 0.340 e. The summed E-state index contributed by atoms with van der Waals surface area (Å²) in [5.41, 5.74) is 0. The van der Waals surface area contributed by atoms with Crippen LogP contribution in [0.3, 0.4) is 0 Å². The van der Waals surface area contributed by atoms with Gasteiger partial charge in [-0.1, -0.05) is 6.42 Å². The van der Waals surface area contributed by atoms with Crippen LogP contribution in [0.25, 0.3) is 0 Å². The van der Waals surface area contributed by atoms with Crippen molar-refractivity contribution in [2.45, 2.75) is 38.1 Å². The van der Waals surface area contributed by atoms with E-state index in [0.29, 0.717) is 5.91 Å². The first-order chi connectivity index (χ1) is 8.84. The summed E-state index contributed by atoms with van der Waals surface area (Å²) in [5, 5.41) is 3.34. The normalized spacial score (nSPS) is 31.1. The van der Waals surface area contributed by atoms with Gasteiger partial charge in [0.15, 0.2) is 0 Å². The molecule has 2 saturated heterocycles. The molecule has 2 heterocycles. The molecule has 3 fully saturated rings. The first-order valence-corrected chi connectivity index (χ1v) is 7.58. The van der Waals surface area contributed by atoms with Crippen molar-refractivity contribution in [2.24, 2.45) is 5.92 Å². The zero-order valence-corrected chi connectivity index (χ0v) is 11.2. The van der Waals surface area contributed by atoms with Crippen LogP contribution in [-0.2, 0) is 4.79 Å². The molecule has 0 aromatic rings. The average Bonchev–Trinajstić information content (AvgIpc) is 2.38. The third-order valence-corrected chi connectivity index (χ3v) is 4.86. The maximum absolute atomic E-state index is 12.4. The molecule has 3 aliphatic rings. The lowest BCUT2D eigenvalue weighted by molar-refractivity contribution is -0.138. The van der Waals surface area contributed by atoms with E-state index in [1.165, 1.54) is 19.3 Å². The van der Waals surface area contributed by atoms with Crippen molar-refractivity contribution in [1.82, 2.24) is 15.1 Å². The van der Waals surface area contributed by atoms with Gasteiger partial charge in [-0.15, -0.1) is 0 Å². The molecule has 3 rings (SSSR count). The fourth-order valence-electron chi connectivity index (χ4n) is 3.38. The smallest absolute Gasteiger partial charge is 0.227 e. The molecule has 1 aliphatic carbocycles. The van der Waals surface area contributed by atoms with Crippen LogP contribution in [0.1, 0.15) is 32.1 Å². The predicted molar refractivity (Wildman–Crippen MR) is 71.4 cm³/mol. The maximum Gasteiger partial charge on any atom is 0.227 e. The SMILES string of the molecule is O=C(C1CCCNC1)N1CCN(C2CCC2)CC1. The van der Waals surface area contributed by atoms with E-state index in [4.69, 9.17) is 0 Å². The number of carbonyl (C=O) groups is 1. The minimum atomic E-state index is 0.244. The van der Waals surface area contributed by atoms with Gasteiger partial charge in [-0.2, -0.15) is 0 Å². The van der Waals surface area contributed by atoms with E-state index in [2.05, 4.69) is 15.1 Å². The Kier molecular flexibility index (Phi) is 3.85. The molecule has 1 N–H and O–H groups in total. The first-order valence-electron chi connectivity index (χ1n) is 7.58. The summed E-state index contributed by atoms with van der Waals surface area (Å²) < 4.78 is 0. The zero-order valence-electron chi connectivity index (χ0n) is 11.2. The van der Waals surface area contributed by atoms with Crippen LogP contribution in [0.2, 0.25) is 0 Å². The van der Waals surface area contributed by atoms with Crippen molar-refractivity contribution in [1.29, 1.82) is 0 Å². The first kappa shape index (κ1) is 12.4. The lowest BCUT2D eigenvalue weighted by Gasteiger charge is -2.43. The third kappa shape index (κ3) is 2.54. The summed E-state index contributed by atoms with van der Waals surface area (Å²) in [4.78, 5) is 17.1. The number of carbonyl (C=O) groups excluding carboxylic acids is 1. The highest BCUT2D eigenvalue weighted by molar-refractivity contribution is 5.79. The number of nitrogens with one attached hydrogen (secondary N) is 1. The molecule has 102 valence electrons. The monoisotopic (exact) mass is 251 g/mol. The van der Waals surface area contributed by atoms with E-state index in [1.807, 2.05) is 0 Å². The Morgan fingerprint density at radius 2 is 1.78 bits per heavy atom. The van der Waals surface area contributed by atoms with Gasteiger partial charge in [0, 0.05) is 38.8 Å². The van der Waals surface area contributed by atoms with Gasteiger partial charge in [-0.25, -0.2) is 0 Å². The average molecular weight is 251 g/mol. The highest BCUT2D eigenvalue weighted by Crippen LogP contribution is 2.26. The quantitative estimate of drug-likeness (QED) is 0.784. The number of amides is 1. The van der Waals surface area contributed by atoms with Crippen LogP contribution in [-0.4, -0.2) is 61.0 Å². The van der Waals surface area contributed by atoms with Gasteiger partial charge in [0.1, 0.15) is 0 Å². The van der Waals surface area contributed by atoms with Crippen LogP contribution < -0.4 is 5.32 Å². The van der Waals surface area contributed by atoms with Gasteiger partial charge in [0.05, 0.1) is 5.92 Å². The van der Waals surface area contributed by atoms with E-state index >= 15 is 0 Å². The van der Waals surface area contributed by atoms with Gasteiger partial charge in [-0.05, 0) is 32.2 Å². The maximum atomic E-state index is 12.4. The number of piperazine rings is 1. The van der Waals surface area contributed by atoms with Gasteiger partial charge in [0.25, 0.3) is 0 Å². The van der Waals surface area contributed by atoms with Crippen molar-refractivity contribution in [3.63, 3.8) is 0 Å². The number of hydrogen-bond donors (Lipinski definition) is 1. The summed E-state index contributed by atoms with van der Waals surface area (Å²) in [5.74, 6) is 0.643. The zero-order chi connectivity index (χ0) is 12.4. The summed E-state index contributed by atoms with van der Waals surface area (Å²) in [6, 6.07) is 0.832. The molecule has 1 amide bonds. The Morgan fingerprint density at radius 1 is 1.00 bits per heavy atom. The van der Waals surface area contributed by atoms with Crippen molar-refractivity contribution >= 4 is 5.91 Å². The van der Waals surface area contributed by atoms with Crippen LogP contribution in [0.4, 0.5) is 0 Å². The van der Waals surface area contributed by atoms with E-state index in [1.54, 1.807) is 0 Å². The fraction of sp³-hybridized carbons (Fsp3) is 0.929. The molecule has 0 aromatic carbocycles. The van der Waals surface area contributed by atoms with Crippen molar-refractivity contribution in [3.8, 4) is 0 Å². The molecule has 1 unspecified atom stereocenters. The Bertz CT molecular complexity index is 289. The van der Waals surface area contributed by atoms with Crippen LogP contribution in [0.5, 0.6) is 0 Å². The number of piperidine rings is 1. The molecule has 2 aliphatic heterocycles. The van der Waals surface area contributed by atoms with E-state index in [9.17, 15) is 4.79 Å². The Balaban J connectivity index is 1.47. The highest BCUT2D eigenvalue weighted by Gasteiger charge is 2.31. The second-order valence-electron chi connectivity index (χ2n) is 5.99. The van der Waals surface area contributed by atoms with Crippen LogP contribution in [0.15, 0.2) is 0 Å². The number of rotatable bonds is 2. The van der Waals surface area contributed by atoms with E-state index < -0.39 is 0 Å². The van der Waals surface area contributed by atoms with E-state index in [0.717, 1.165) is 58.2 Å². The van der Waals surface area contributed by atoms with Crippen molar-refractivity contribution in [3.05, 3.63) is 0 Å².